The molecule has 1 aromatic carbocycles. The van der Waals surface area contributed by atoms with Gasteiger partial charge in [0.15, 0.2) is 5.76 Å². The second-order valence-electron chi connectivity index (χ2n) is 8.94. The number of nitrogens with zero attached hydrogens (tertiary/aromatic N) is 3. The van der Waals surface area contributed by atoms with E-state index in [-0.39, 0.29) is 16.9 Å². The molecule has 2 aromatic rings. The Hall–Kier alpha value is -3.25. The normalized spacial score (nSPS) is 12.9. The highest BCUT2D eigenvalue weighted by Gasteiger charge is 2.25. The first-order chi connectivity index (χ1) is 16.4. The first-order valence-corrected chi connectivity index (χ1v) is 12.3. The number of carbonyl (C=O) groups is 2. The number of hydrogen-bond acceptors (Lipinski definition) is 8. The third-order valence-electron chi connectivity index (χ3n) is 5.40. The fourth-order valence-corrected chi connectivity index (χ4v) is 3.90. The van der Waals surface area contributed by atoms with E-state index in [9.17, 15) is 14.9 Å². The Morgan fingerprint density at radius 3 is 2.31 bits per heavy atom. The minimum Gasteiger partial charge on any atom is -0.468 e. The molecule has 35 heavy (non-hydrogen) atoms. The molecule has 9 heteroatoms. The predicted molar refractivity (Wildman–Crippen MR) is 136 cm³/mol. The van der Waals surface area contributed by atoms with E-state index >= 15 is 0 Å². The van der Waals surface area contributed by atoms with Crippen LogP contribution in [0.15, 0.2) is 24.3 Å². The van der Waals surface area contributed by atoms with Crippen LogP contribution in [0.4, 0.5) is 4.79 Å². The Morgan fingerprint density at radius 1 is 1.17 bits per heavy atom. The molecule has 0 spiro atoms. The topological polar surface area (TPSA) is 103 Å². The van der Waals surface area contributed by atoms with Crippen molar-refractivity contribution in [2.75, 3.05) is 12.9 Å². The number of rotatable bonds is 8. The van der Waals surface area contributed by atoms with Gasteiger partial charge in [0.05, 0.1) is 12.8 Å². The lowest BCUT2D eigenvalue weighted by Gasteiger charge is -2.21. The maximum Gasteiger partial charge on any atom is 0.370 e. The van der Waals surface area contributed by atoms with E-state index in [0.29, 0.717) is 35.1 Å². The van der Waals surface area contributed by atoms with Gasteiger partial charge in [0.25, 0.3) is 0 Å². The number of thioether (sulfide) groups is 1. The molecular weight excluding hydrogens is 466 g/mol. The molecule has 0 aliphatic rings. The lowest BCUT2D eigenvalue weighted by atomic mass is 9.86. The quantitative estimate of drug-likeness (QED) is 0.200. The summed E-state index contributed by atoms with van der Waals surface area (Å²) in [5.41, 5.74) is 4.39. The van der Waals surface area contributed by atoms with Crippen molar-refractivity contribution in [2.45, 2.75) is 66.7 Å². The second-order valence-corrected chi connectivity index (χ2v) is 9.85. The van der Waals surface area contributed by atoms with Gasteiger partial charge in [-0.3, -0.25) is 9.48 Å². The summed E-state index contributed by atoms with van der Waals surface area (Å²) in [5.74, 6) is -0.436. The van der Waals surface area contributed by atoms with Gasteiger partial charge < -0.3 is 14.2 Å². The van der Waals surface area contributed by atoms with Crippen molar-refractivity contribution in [3.63, 3.8) is 0 Å². The fraction of sp³-hybridized carbons (Fsp3) is 0.462. The zero-order chi connectivity index (χ0) is 26.3. The van der Waals surface area contributed by atoms with Gasteiger partial charge in [-0.05, 0) is 49.1 Å². The molecule has 188 valence electrons. The van der Waals surface area contributed by atoms with Gasteiger partial charge in [-0.2, -0.15) is 10.4 Å². The molecule has 1 unspecified atom stereocenters. The first-order valence-electron chi connectivity index (χ1n) is 11.3. The zero-order valence-corrected chi connectivity index (χ0v) is 22.4. The molecule has 0 radical (unpaired) electrons. The maximum absolute atomic E-state index is 12.2. The molecule has 1 aromatic heterocycles. The summed E-state index contributed by atoms with van der Waals surface area (Å²) in [7, 11) is 1.25. The summed E-state index contributed by atoms with van der Waals surface area (Å²) in [6.07, 6.45) is -1.03. The smallest absolute Gasteiger partial charge is 0.370 e. The van der Waals surface area contributed by atoms with Crippen molar-refractivity contribution in [3.8, 4) is 6.07 Å². The largest absolute Gasteiger partial charge is 0.468 e. The van der Waals surface area contributed by atoms with Crippen molar-refractivity contribution < 1.29 is 23.8 Å². The average Bonchev–Trinajstić information content (AvgIpc) is 3.10. The lowest BCUT2D eigenvalue weighted by molar-refractivity contribution is -0.137. The highest BCUT2D eigenvalue weighted by Crippen LogP contribution is 2.33. The molecule has 0 amide bonds. The van der Waals surface area contributed by atoms with E-state index in [1.54, 1.807) is 11.6 Å². The van der Waals surface area contributed by atoms with E-state index in [2.05, 4.69) is 36.7 Å². The van der Waals surface area contributed by atoms with Crippen LogP contribution < -0.4 is 0 Å². The number of aryl methyl sites for hydroxylation is 2. The predicted octanol–water partition coefficient (Wildman–Crippen LogP) is 5.61. The molecule has 0 saturated heterocycles. The summed E-state index contributed by atoms with van der Waals surface area (Å²) in [4.78, 5) is 23.5. The van der Waals surface area contributed by atoms with Gasteiger partial charge in [0.1, 0.15) is 23.1 Å². The molecule has 0 bridgehead atoms. The number of nitriles is 1. The van der Waals surface area contributed by atoms with E-state index in [1.165, 1.54) is 7.11 Å². The van der Waals surface area contributed by atoms with Crippen LogP contribution in [0.2, 0.25) is 0 Å². The summed E-state index contributed by atoms with van der Waals surface area (Å²) < 4.78 is 17.7. The molecule has 1 heterocycles. The lowest BCUT2D eigenvalue weighted by Crippen LogP contribution is -2.18. The number of ether oxygens (including phenoxy) is 3. The first kappa shape index (κ1) is 28.0. The monoisotopic (exact) mass is 499 g/mol. The minimum absolute atomic E-state index is 0.0342. The van der Waals surface area contributed by atoms with Crippen LogP contribution in [0.25, 0.3) is 11.3 Å². The molecule has 0 aliphatic heterocycles. The van der Waals surface area contributed by atoms with E-state index in [4.69, 9.17) is 9.47 Å². The van der Waals surface area contributed by atoms with Gasteiger partial charge in [0, 0.05) is 19.0 Å². The third-order valence-corrected chi connectivity index (χ3v) is 6.11. The Balaban J connectivity index is 2.52. The van der Waals surface area contributed by atoms with Gasteiger partial charge in [-0.1, -0.05) is 45.0 Å². The van der Waals surface area contributed by atoms with Crippen molar-refractivity contribution in [1.82, 2.24) is 9.78 Å². The van der Waals surface area contributed by atoms with E-state index in [1.807, 2.05) is 45.0 Å². The zero-order valence-electron chi connectivity index (χ0n) is 21.6. The summed E-state index contributed by atoms with van der Waals surface area (Å²) in [6, 6.07) is 10.0. The van der Waals surface area contributed by atoms with Crippen LogP contribution in [0.3, 0.4) is 0 Å². The van der Waals surface area contributed by atoms with Gasteiger partial charge >= 0.3 is 11.3 Å². The number of hydrogen-bond donors (Lipinski definition) is 0. The summed E-state index contributed by atoms with van der Waals surface area (Å²) in [5, 5.41) is 14.1. The van der Waals surface area contributed by atoms with Crippen LogP contribution in [-0.4, -0.2) is 40.2 Å². The van der Waals surface area contributed by atoms with Crippen LogP contribution >= 0.6 is 11.8 Å². The third kappa shape index (κ3) is 7.12. The van der Waals surface area contributed by atoms with Gasteiger partial charge in [-0.25, -0.2) is 4.79 Å². The fourth-order valence-electron chi connectivity index (χ4n) is 3.34. The number of aromatic nitrogens is 2. The highest BCUT2D eigenvalue weighted by atomic mass is 32.2. The number of methoxy groups -OCH3 is 1. The Labute approximate surface area is 211 Å². The van der Waals surface area contributed by atoms with E-state index in [0.717, 1.165) is 16.8 Å². The van der Waals surface area contributed by atoms with Crippen molar-refractivity contribution in [1.29, 1.82) is 5.26 Å². The Bertz CT molecular complexity index is 1140. The molecule has 0 fully saturated rings. The summed E-state index contributed by atoms with van der Waals surface area (Å²) >= 11 is 0.675. The van der Waals surface area contributed by atoms with Crippen molar-refractivity contribution >= 4 is 34.4 Å². The number of carbonyl (C=O) groups excluding carboxylic acids is 2. The number of benzene rings is 1. The highest BCUT2D eigenvalue weighted by molar-refractivity contribution is 8.13. The van der Waals surface area contributed by atoms with Gasteiger partial charge in [-0.15, -0.1) is 0 Å². The van der Waals surface area contributed by atoms with Crippen molar-refractivity contribution in [2.24, 2.45) is 0 Å². The molecular formula is C26H33N3O5S. The summed E-state index contributed by atoms with van der Waals surface area (Å²) in [6.45, 7) is 14.2. The molecule has 0 aliphatic carbocycles. The molecule has 0 saturated carbocycles. The second kappa shape index (κ2) is 11.9. The molecule has 2 rings (SSSR count). The number of allylic oxidation sites excluding steroid dienone is 1. The average molecular weight is 500 g/mol. The van der Waals surface area contributed by atoms with Crippen LogP contribution in [0, 0.1) is 25.2 Å². The van der Waals surface area contributed by atoms with Crippen LogP contribution in [0.1, 0.15) is 62.7 Å². The van der Waals surface area contributed by atoms with Crippen molar-refractivity contribution in [3.05, 3.63) is 52.3 Å². The minimum atomic E-state index is -1.03. The Morgan fingerprint density at radius 2 is 1.80 bits per heavy atom. The molecule has 1 atom stereocenters. The standard InChI is InChI=1S/C26H33N3O5S/c1-9-29-23(16(2)17(3)28-29)24(33-18(4)34-25(31)35-15-22(30)32-8)21(14-27)19-10-12-20(13-11-19)26(5,6)7/h10-13,18H,9,15H2,1-8H3/b24-21-. The SMILES string of the molecule is CCn1nc(C)c(C)c1/C(OC(C)OC(=O)SCC(=O)OC)=C(\C#N)c1ccc(C(C)(C)C)cc1. The maximum atomic E-state index is 12.2. The van der Waals surface area contributed by atoms with Crippen LogP contribution in [-0.2, 0) is 31.0 Å². The van der Waals surface area contributed by atoms with Crippen LogP contribution in [0.5, 0.6) is 0 Å². The molecule has 0 N–H and O–H groups in total. The van der Waals surface area contributed by atoms with E-state index < -0.39 is 17.6 Å². The number of esters is 1. The van der Waals surface area contributed by atoms with Gasteiger partial charge in [0.2, 0.25) is 6.29 Å². The molecule has 8 nitrogen and oxygen atoms in total. The Kier molecular flexibility index (Phi) is 9.55.